The van der Waals surface area contributed by atoms with Gasteiger partial charge in [0.2, 0.25) is 5.89 Å². The van der Waals surface area contributed by atoms with Crippen molar-refractivity contribution in [3.05, 3.63) is 57.9 Å². The maximum Gasteiger partial charge on any atom is 0.238 e. The molecule has 22 heavy (non-hydrogen) atoms. The van der Waals surface area contributed by atoms with Gasteiger partial charge >= 0.3 is 0 Å². The predicted molar refractivity (Wildman–Crippen MR) is 85.6 cm³/mol. The molecule has 0 atom stereocenters. The molecule has 0 aliphatic rings. The number of benzene rings is 2. The number of allylic oxidation sites excluding steroid dienone is 1. The molecule has 0 unspecified atom stereocenters. The van der Waals surface area contributed by atoms with Gasteiger partial charge in [0, 0.05) is 10.6 Å². The van der Waals surface area contributed by atoms with Gasteiger partial charge in [-0.2, -0.15) is 5.26 Å². The van der Waals surface area contributed by atoms with Crippen LogP contribution in [0.2, 0.25) is 10.0 Å². The summed E-state index contributed by atoms with van der Waals surface area (Å²) in [5.41, 5.74) is 1.69. The van der Waals surface area contributed by atoms with Gasteiger partial charge in [-0.1, -0.05) is 35.3 Å². The summed E-state index contributed by atoms with van der Waals surface area (Å²) in [6, 6.07) is 12.1. The van der Waals surface area contributed by atoms with Crippen molar-refractivity contribution < 1.29 is 9.52 Å². The van der Waals surface area contributed by atoms with Crippen LogP contribution in [0.25, 0.3) is 22.7 Å². The number of halogens is 2. The Hall–Kier alpha value is -2.48. The first-order valence-corrected chi connectivity index (χ1v) is 7.00. The van der Waals surface area contributed by atoms with Crippen LogP contribution in [0.1, 0.15) is 11.5 Å². The van der Waals surface area contributed by atoms with Gasteiger partial charge in [-0.3, -0.25) is 0 Å². The molecule has 0 radical (unpaired) electrons. The maximum absolute atomic E-state index is 9.96. The number of aromatic hydroxyl groups is 1. The number of fused-ring (bicyclic) bond motifs is 1. The van der Waals surface area contributed by atoms with Crippen molar-refractivity contribution in [2.24, 2.45) is 0 Å². The summed E-state index contributed by atoms with van der Waals surface area (Å²) in [5.74, 6) is 0.00845. The third-order valence-electron chi connectivity index (χ3n) is 3.00. The highest BCUT2D eigenvalue weighted by molar-refractivity contribution is 6.35. The van der Waals surface area contributed by atoms with Gasteiger partial charge in [-0.05, 0) is 30.3 Å². The first-order valence-electron chi connectivity index (χ1n) is 6.24. The highest BCUT2D eigenvalue weighted by Gasteiger charge is 2.13. The van der Waals surface area contributed by atoms with Crippen LogP contribution in [0.15, 0.2) is 40.8 Å². The van der Waals surface area contributed by atoms with Crippen LogP contribution in [-0.2, 0) is 0 Å². The molecule has 0 amide bonds. The molecule has 3 aromatic rings. The monoisotopic (exact) mass is 330 g/mol. The van der Waals surface area contributed by atoms with Crippen LogP contribution in [0.4, 0.5) is 0 Å². The van der Waals surface area contributed by atoms with E-state index in [0.29, 0.717) is 21.7 Å². The minimum Gasteiger partial charge on any atom is -0.506 e. The lowest BCUT2D eigenvalue weighted by molar-refractivity contribution is 0.474. The number of phenols is 1. The lowest BCUT2D eigenvalue weighted by atomic mass is 10.1. The second-order valence-electron chi connectivity index (χ2n) is 4.48. The Kier molecular flexibility index (Phi) is 3.76. The van der Waals surface area contributed by atoms with Gasteiger partial charge in [-0.25, -0.2) is 4.98 Å². The van der Waals surface area contributed by atoms with E-state index in [1.165, 1.54) is 18.2 Å². The van der Waals surface area contributed by atoms with Gasteiger partial charge in [-0.15, -0.1) is 0 Å². The molecule has 108 valence electrons. The fourth-order valence-electron chi connectivity index (χ4n) is 1.98. The lowest BCUT2D eigenvalue weighted by Gasteiger charge is -2.03. The average molecular weight is 331 g/mol. The number of hydrogen-bond donors (Lipinski definition) is 1. The predicted octanol–water partition coefficient (Wildman–Crippen LogP) is 4.90. The van der Waals surface area contributed by atoms with E-state index in [1.807, 2.05) is 18.2 Å². The van der Waals surface area contributed by atoms with E-state index in [0.717, 1.165) is 0 Å². The number of nitriles is 1. The second-order valence-corrected chi connectivity index (χ2v) is 5.33. The molecule has 0 aliphatic heterocycles. The summed E-state index contributed by atoms with van der Waals surface area (Å²) in [4.78, 5) is 4.25. The molecule has 1 heterocycles. The van der Waals surface area contributed by atoms with Gasteiger partial charge < -0.3 is 9.52 Å². The van der Waals surface area contributed by atoms with Crippen LogP contribution in [0, 0.1) is 11.3 Å². The Morgan fingerprint density at radius 1 is 1.27 bits per heavy atom. The van der Waals surface area contributed by atoms with Crippen molar-refractivity contribution in [1.82, 2.24) is 4.98 Å². The summed E-state index contributed by atoms with van der Waals surface area (Å²) in [6.45, 7) is 0. The molecule has 0 aliphatic carbocycles. The second kappa shape index (κ2) is 5.72. The van der Waals surface area contributed by atoms with Crippen molar-refractivity contribution in [1.29, 1.82) is 5.26 Å². The topological polar surface area (TPSA) is 70.0 Å². The SMILES string of the molecule is N#C/C(=C\c1cc(Cl)cc(Cl)c1O)c1nc2ccccc2o1. The summed E-state index contributed by atoms with van der Waals surface area (Å²) < 4.78 is 5.54. The van der Waals surface area contributed by atoms with Crippen LogP contribution >= 0.6 is 23.2 Å². The van der Waals surface area contributed by atoms with Crippen LogP contribution in [0.5, 0.6) is 5.75 Å². The summed E-state index contributed by atoms with van der Waals surface area (Å²) >= 11 is 11.8. The van der Waals surface area contributed by atoms with Crippen molar-refractivity contribution >= 4 is 46.0 Å². The van der Waals surface area contributed by atoms with E-state index in [1.54, 1.807) is 12.1 Å². The van der Waals surface area contributed by atoms with E-state index in [-0.39, 0.29) is 22.2 Å². The van der Waals surface area contributed by atoms with Gasteiger partial charge in [0.05, 0.1) is 5.02 Å². The molecule has 4 nitrogen and oxygen atoms in total. The van der Waals surface area contributed by atoms with E-state index in [2.05, 4.69) is 4.98 Å². The zero-order valence-corrected chi connectivity index (χ0v) is 12.6. The van der Waals surface area contributed by atoms with E-state index in [4.69, 9.17) is 27.6 Å². The third kappa shape index (κ3) is 2.64. The lowest BCUT2D eigenvalue weighted by Crippen LogP contribution is -1.83. The zero-order valence-electron chi connectivity index (χ0n) is 11.0. The fraction of sp³-hybridized carbons (Fsp3) is 0. The highest BCUT2D eigenvalue weighted by atomic mass is 35.5. The molecule has 2 aromatic carbocycles. The number of nitrogens with zero attached hydrogens (tertiary/aromatic N) is 2. The minimum absolute atomic E-state index is 0.105. The molecule has 0 saturated heterocycles. The van der Waals surface area contributed by atoms with Crippen LogP contribution < -0.4 is 0 Å². The number of para-hydroxylation sites is 2. The van der Waals surface area contributed by atoms with Gasteiger partial charge in [0.1, 0.15) is 22.9 Å². The quantitative estimate of drug-likeness (QED) is 0.678. The molecule has 1 N–H and O–H groups in total. The summed E-state index contributed by atoms with van der Waals surface area (Å²) in [5, 5.41) is 19.7. The Bertz CT molecular complexity index is 906. The van der Waals surface area contributed by atoms with Crippen LogP contribution in [0.3, 0.4) is 0 Å². The van der Waals surface area contributed by atoms with Crippen molar-refractivity contribution in [2.45, 2.75) is 0 Å². The standard InChI is InChI=1S/C16H8Cl2N2O2/c17-11-6-9(15(21)12(18)7-11)5-10(8-19)16-20-13-3-1-2-4-14(13)22-16/h1-7,21H/b10-5+. The normalized spacial score (nSPS) is 11.6. The van der Waals surface area contributed by atoms with Crippen molar-refractivity contribution in [2.75, 3.05) is 0 Å². The zero-order chi connectivity index (χ0) is 15.7. The Labute approximate surface area is 135 Å². The van der Waals surface area contributed by atoms with Crippen LogP contribution in [-0.4, -0.2) is 10.1 Å². The number of oxazole rings is 1. The third-order valence-corrected chi connectivity index (χ3v) is 3.51. The maximum atomic E-state index is 9.96. The first-order chi connectivity index (χ1) is 10.6. The number of hydrogen-bond acceptors (Lipinski definition) is 4. The van der Waals surface area contributed by atoms with E-state index < -0.39 is 0 Å². The van der Waals surface area contributed by atoms with E-state index >= 15 is 0 Å². The largest absolute Gasteiger partial charge is 0.506 e. The molecule has 3 rings (SSSR count). The molecular formula is C16H8Cl2N2O2. The van der Waals surface area contributed by atoms with Crippen molar-refractivity contribution in [3.63, 3.8) is 0 Å². The highest BCUT2D eigenvalue weighted by Crippen LogP contribution is 2.33. The number of phenolic OH excluding ortho intramolecular Hbond substituents is 1. The minimum atomic E-state index is -0.157. The average Bonchev–Trinajstić information content (AvgIpc) is 2.93. The molecule has 0 saturated carbocycles. The van der Waals surface area contributed by atoms with Crippen molar-refractivity contribution in [3.8, 4) is 11.8 Å². The molecule has 0 fully saturated rings. The van der Waals surface area contributed by atoms with Gasteiger partial charge in [0.25, 0.3) is 0 Å². The molecule has 1 aromatic heterocycles. The Morgan fingerprint density at radius 3 is 2.77 bits per heavy atom. The summed E-state index contributed by atoms with van der Waals surface area (Å²) in [6.07, 6.45) is 1.43. The van der Waals surface area contributed by atoms with E-state index in [9.17, 15) is 10.4 Å². The number of aromatic nitrogens is 1. The number of rotatable bonds is 2. The molecule has 0 spiro atoms. The Morgan fingerprint density at radius 2 is 2.05 bits per heavy atom. The Balaban J connectivity index is 2.13. The molecule has 0 bridgehead atoms. The van der Waals surface area contributed by atoms with Gasteiger partial charge in [0.15, 0.2) is 5.58 Å². The molecule has 6 heteroatoms. The fourth-order valence-corrected chi connectivity index (χ4v) is 2.49. The molecular weight excluding hydrogens is 323 g/mol. The summed E-state index contributed by atoms with van der Waals surface area (Å²) in [7, 11) is 0. The smallest absolute Gasteiger partial charge is 0.238 e. The first kappa shape index (κ1) is 14.5.